The van der Waals surface area contributed by atoms with Gasteiger partial charge >= 0.3 is 0 Å². The van der Waals surface area contributed by atoms with Crippen LogP contribution in [0, 0.1) is 5.82 Å². The molecule has 0 aliphatic rings. The second-order valence-corrected chi connectivity index (χ2v) is 6.97. The number of amides is 1. The van der Waals surface area contributed by atoms with Gasteiger partial charge in [0.2, 0.25) is 11.1 Å². The van der Waals surface area contributed by atoms with E-state index in [-0.39, 0.29) is 5.91 Å². The number of methoxy groups -OCH3 is 1. The molecule has 1 unspecified atom stereocenters. The molecule has 1 atom stereocenters. The maximum absolute atomic E-state index is 13.2. The fraction of sp³-hybridized carbons (Fsp3) is 0.167. The van der Waals surface area contributed by atoms with Crippen molar-refractivity contribution in [3.63, 3.8) is 0 Å². The number of hydrogen-bond acceptors (Lipinski definition) is 6. The fourth-order valence-corrected chi connectivity index (χ4v) is 3.09. The van der Waals surface area contributed by atoms with Gasteiger partial charge in [-0.3, -0.25) is 4.79 Å². The summed E-state index contributed by atoms with van der Waals surface area (Å²) in [4.78, 5) is 12.3. The fourth-order valence-electron chi connectivity index (χ4n) is 2.32. The molecule has 3 rings (SSSR count). The van der Waals surface area contributed by atoms with Crippen molar-refractivity contribution in [1.82, 2.24) is 14.9 Å². The van der Waals surface area contributed by atoms with Crippen LogP contribution in [0.15, 0.2) is 53.7 Å². The van der Waals surface area contributed by atoms with Crippen molar-refractivity contribution in [2.24, 2.45) is 0 Å². The van der Waals surface area contributed by atoms with Crippen molar-refractivity contribution < 1.29 is 13.9 Å². The Labute approximate surface area is 159 Å². The topological polar surface area (TPSA) is 95.1 Å². The number of hydrogen-bond donors (Lipinski definition) is 2. The van der Waals surface area contributed by atoms with Crippen LogP contribution in [0.4, 0.5) is 10.1 Å². The molecule has 1 amide bonds. The number of ether oxygens (including phenoxy) is 1. The van der Waals surface area contributed by atoms with Gasteiger partial charge in [-0.1, -0.05) is 17.8 Å². The first-order valence-electron chi connectivity index (χ1n) is 8.06. The van der Waals surface area contributed by atoms with Gasteiger partial charge in [0, 0.05) is 11.3 Å². The van der Waals surface area contributed by atoms with Crippen LogP contribution in [0.25, 0.3) is 11.4 Å². The average molecular weight is 387 g/mol. The summed E-state index contributed by atoms with van der Waals surface area (Å²) >= 11 is 1.16. The standard InChI is InChI=1S/C18H18FN5O2S/c1-11(17(25)21-14-5-3-4-13(19)10-14)27-18-23-22-16(24(18)20)12-6-8-15(26-2)9-7-12/h3-11H,20H2,1-2H3,(H,21,25). The second kappa shape index (κ2) is 8.09. The predicted octanol–water partition coefficient (Wildman–Crippen LogP) is 2.93. The zero-order valence-corrected chi connectivity index (χ0v) is 15.5. The van der Waals surface area contributed by atoms with Crippen molar-refractivity contribution in [1.29, 1.82) is 0 Å². The van der Waals surface area contributed by atoms with Crippen LogP contribution in [0.1, 0.15) is 6.92 Å². The van der Waals surface area contributed by atoms with E-state index in [2.05, 4.69) is 15.5 Å². The highest BCUT2D eigenvalue weighted by atomic mass is 32.2. The molecule has 0 saturated carbocycles. The van der Waals surface area contributed by atoms with E-state index in [1.54, 1.807) is 32.2 Å². The maximum Gasteiger partial charge on any atom is 0.237 e. The van der Waals surface area contributed by atoms with E-state index in [0.717, 1.165) is 23.1 Å². The molecule has 140 valence electrons. The first kappa shape index (κ1) is 18.7. The van der Waals surface area contributed by atoms with Gasteiger partial charge in [-0.2, -0.15) is 0 Å². The number of carbonyl (C=O) groups is 1. The summed E-state index contributed by atoms with van der Waals surface area (Å²) in [6, 6.07) is 12.9. The maximum atomic E-state index is 13.2. The molecule has 0 fully saturated rings. The molecule has 3 aromatic rings. The van der Waals surface area contributed by atoms with E-state index in [4.69, 9.17) is 10.6 Å². The molecule has 9 heteroatoms. The number of nitrogens with one attached hydrogen (secondary N) is 1. The highest BCUT2D eigenvalue weighted by Crippen LogP contribution is 2.26. The van der Waals surface area contributed by atoms with Gasteiger partial charge in [0.05, 0.1) is 12.4 Å². The lowest BCUT2D eigenvalue weighted by atomic mass is 10.2. The van der Waals surface area contributed by atoms with Gasteiger partial charge < -0.3 is 15.9 Å². The molecular formula is C18H18FN5O2S. The number of carbonyl (C=O) groups excluding carboxylic acids is 1. The molecule has 2 aromatic carbocycles. The van der Waals surface area contributed by atoms with E-state index in [9.17, 15) is 9.18 Å². The van der Waals surface area contributed by atoms with E-state index in [0.29, 0.717) is 16.7 Å². The smallest absolute Gasteiger partial charge is 0.237 e. The van der Waals surface area contributed by atoms with Gasteiger partial charge in [0.1, 0.15) is 11.6 Å². The summed E-state index contributed by atoms with van der Waals surface area (Å²) in [6.45, 7) is 1.71. The number of benzene rings is 2. The number of anilines is 1. The van der Waals surface area contributed by atoms with Gasteiger partial charge in [-0.05, 0) is 49.4 Å². The highest BCUT2D eigenvalue weighted by Gasteiger charge is 2.20. The lowest BCUT2D eigenvalue weighted by Crippen LogP contribution is -2.23. The summed E-state index contributed by atoms with van der Waals surface area (Å²) in [5.41, 5.74) is 1.16. The minimum absolute atomic E-state index is 0.292. The monoisotopic (exact) mass is 387 g/mol. The van der Waals surface area contributed by atoms with Crippen LogP contribution >= 0.6 is 11.8 Å². The molecule has 0 bridgehead atoms. The van der Waals surface area contributed by atoms with Crippen molar-refractivity contribution in [2.45, 2.75) is 17.3 Å². The van der Waals surface area contributed by atoms with E-state index in [1.807, 2.05) is 12.1 Å². The molecule has 0 saturated heterocycles. The molecule has 1 heterocycles. The van der Waals surface area contributed by atoms with Crippen LogP contribution in [0.3, 0.4) is 0 Å². The SMILES string of the molecule is COc1ccc(-c2nnc(SC(C)C(=O)Nc3cccc(F)c3)n2N)cc1. The Bertz CT molecular complexity index is 945. The predicted molar refractivity (Wildman–Crippen MR) is 103 cm³/mol. The molecule has 0 aliphatic carbocycles. The normalized spacial score (nSPS) is 11.8. The van der Waals surface area contributed by atoms with Crippen LogP contribution in [-0.4, -0.2) is 33.1 Å². The number of aromatic nitrogens is 3. The number of halogens is 1. The summed E-state index contributed by atoms with van der Waals surface area (Å²) in [6.07, 6.45) is 0. The zero-order valence-electron chi connectivity index (χ0n) is 14.7. The third-order valence-corrected chi connectivity index (χ3v) is 4.81. The molecule has 3 N–H and O–H groups in total. The summed E-state index contributed by atoms with van der Waals surface area (Å²) < 4.78 is 19.7. The van der Waals surface area contributed by atoms with E-state index < -0.39 is 11.1 Å². The van der Waals surface area contributed by atoms with Gasteiger partial charge in [0.15, 0.2) is 5.82 Å². The first-order valence-corrected chi connectivity index (χ1v) is 8.94. The van der Waals surface area contributed by atoms with Crippen LogP contribution in [0.2, 0.25) is 0 Å². The molecule has 1 aromatic heterocycles. The number of rotatable bonds is 6. The molecule has 27 heavy (non-hydrogen) atoms. The first-order chi connectivity index (χ1) is 13.0. The Morgan fingerprint density at radius 1 is 1.26 bits per heavy atom. The van der Waals surface area contributed by atoms with Crippen molar-refractivity contribution in [3.8, 4) is 17.1 Å². The third-order valence-electron chi connectivity index (χ3n) is 3.76. The third kappa shape index (κ3) is 4.37. The number of nitrogen functional groups attached to an aromatic ring is 1. The average Bonchev–Trinajstić information content (AvgIpc) is 3.02. The Kier molecular flexibility index (Phi) is 5.60. The Morgan fingerprint density at radius 2 is 2.00 bits per heavy atom. The van der Waals surface area contributed by atoms with Gasteiger partial charge in [-0.25, -0.2) is 9.07 Å². The van der Waals surface area contributed by atoms with Crippen LogP contribution in [-0.2, 0) is 4.79 Å². The summed E-state index contributed by atoms with van der Waals surface area (Å²) in [5.74, 6) is 6.57. The second-order valence-electron chi connectivity index (χ2n) is 5.66. The van der Waals surface area contributed by atoms with E-state index >= 15 is 0 Å². The van der Waals surface area contributed by atoms with Crippen molar-refractivity contribution in [2.75, 3.05) is 18.3 Å². The number of nitrogens with zero attached hydrogens (tertiary/aromatic N) is 3. The Balaban J connectivity index is 1.70. The summed E-state index contributed by atoms with van der Waals surface area (Å²) in [7, 11) is 1.59. The Morgan fingerprint density at radius 3 is 2.67 bits per heavy atom. The highest BCUT2D eigenvalue weighted by molar-refractivity contribution is 8.00. The molecule has 0 radical (unpaired) electrons. The minimum Gasteiger partial charge on any atom is -0.497 e. The molecule has 0 aliphatic heterocycles. The number of thioether (sulfide) groups is 1. The molecule has 7 nitrogen and oxygen atoms in total. The molecule has 0 spiro atoms. The minimum atomic E-state index is -0.511. The lowest BCUT2D eigenvalue weighted by molar-refractivity contribution is -0.115. The number of nitrogens with two attached hydrogens (primary N) is 1. The summed E-state index contributed by atoms with van der Waals surface area (Å²) in [5, 5.41) is 10.7. The van der Waals surface area contributed by atoms with Gasteiger partial charge in [-0.15, -0.1) is 10.2 Å². The largest absolute Gasteiger partial charge is 0.497 e. The Hall–Kier alpha value is -3.07. The van der Waals surface area contributed by atoms with Crippen LogP contribution in [0.5, 0.6) is 5.75 Å². The van der Waals surface area contributed by atoms with Crippen LogP contribution < -0.4 is 15.9 Å². The lowest BCUT2D eigenvalue weighted by Gasteiger charge is -2.11. The zero-order chi connectivity index (χ0) is 19.4. The molecular weight excluding hydrogens is 369 g/mol. The van der Waals surface area contributed by atoms with E-state index in [1.165, 1.54) is 22.9 Å². The van der Waals surface area contributed by atoms with Crippen molar-refractivity contribution >= 4 is 23.4 Å². The van der Waals surface area contributed by atoms with Crippen molar-refractivity contribution in [3.05, 3.63) is 54.3 Å². The quantitative estimate of drug-likeness (QED) is 0.499. The van der Waals surface area contributed by atoms with Gasteiger partial charge in [0.25, 0.3) is 0 Å².